The summed E-state index contributed by atoms with van der Waals surface area (Å²) in [4.78, 5) is 18.7. The van der Waals surface area contributed by atoms with Gasteiger partial charge in [-0.1, -0.05) is 41.6 Å². The van der Waals surface area contributed by atoms with Crippen LogP contribution >= 0.6 is 11.8 Å². The highest BCUT2D eigenvalue weighted by molar-refractivity contribution is 7.99. The zero-order valence-corrected chi connectivity index (χ0v) is 20.2. The van der Waals surface area contributed by atoms with Crippen LogP contribution in [0.2, 0.25) is 0 Å². The van der Waals surface area contributed by atoms with Crippen molar-refractivity contribution in [2.24, 2.45) is 0 Å². The molecule has 1 amide bonds. The van der Waals surface area contributed by atoms with E-state index in [-0.39, 0.29) is 30.3 Å². The lowest BCUT2D eigenvalue weighted by Crippen LogP contribution is -2.34. The second-order valence-corrected chi connectivity index (χ2v) is 8.81. The van der Waals surface area contributed by atoms with Gasteiger partial charge in [0.25, 0.3) is 0 Å². The third kappa shape index (κ3) is 5.39. The molecule has 0 aliphatic rings. The van der Waals surface area contributed by atoms with E-state index in [0.717, 1.165) is 22.4 Å². The van der Waals surface area contributed by atoms with Gasteiger partial charge < -0.3 is 4.90 Å². The van der Waals surface area contributed by atoms with Crippen molar-refractivity contribution >= 4 is 23.4 Å². The number of benzene rings is 2. The van der Waals surface area contributed by atoms with Crippen molar-refractivity contribution in [1.29, 1.82) is 5.26 Å². The molecule has 4 rings (SSSR count). The number of aromatic nitrogens is 4. The maximum Gasteiger partial charge on any atom is 0.237 e. The molecule has 0 bridgehead atoms. The third-order valence-corrected chi connectivity index (χ3v) is 6.28. The van der Waals surface area contributed by atoms with Gasteiger partial charge in [-0.05, 0) is 49.7 Å². The van der Waals surface area contributed by atoms with Crippen LogP contribution in [0.5, 0.6) is 0 Å². The minimum atomic E-state index is -0.513. The van der Waals surface area contributed by atoms with Gasteiger partial charge in [-0.15, -0.1) is 10.2 Å². The number of pyridine rings is 1. The number of carbonyl (C=O) groups is 1. The van der Waals surface area contributed by atoms with E-state index in [1.54, 1.807) is 24.5 Å². The molecule has 0 unspecified atom stereocenters. The molecule has 0 aliphatic carbocycles. The van der Waals surface area contributed by atoms with Crippen LogP contribution in [-0.4, -0.2) is 38.0 Å². The zero-order valence-electron chi connectivity index (χ0n) is 19.3. The van der Waals surface area contributed by atoms with Gasteiger partial charge in [0.2, 0.25) is 5.91 Å². The Kier molecular flexibility index (Phi) is 7.53. The largest absolute Gasteiger partial charge is 0.308 e. The molecule has 0 fully saturated rings. The molecule has 9 heteroatoms. The van der Waals surface area contributed by atoms with E-state index >= 15 is 0 Å². The Morgan fingerprint density at radius 1 is 1.14 bits per heavy atom. The van der Waals surface area contributed by atoms with Gasteiger partial charge in [-0.3, -0.25) is 14.3 Å². The van der Waals surface area contributed by atoms with E-state index in [1.165, 1.54) is 28.8 Å². The van der Waals surface area contributed by atoms with Crippen LogP contribution in [0, 0.1) is 31.0 Å². The van der Waals surface area contributed by atoms with E-state index in [9.17, 15) is 9.18 Å². The normalized spacial score (nSPS) is 10.7. The summed E-state index contributed by atoms with van der Waals surface area (Å²) in [5.74, 6) is -0.236. The second-order valence-electron chi connectivity index (χ2n) is 7.87. The van der Waals surface area contributed by atoms with Gasteiger partial charge in [-0.25, -0.2) is 4.39 Å². The molecule has 4 aromatic rings. The predicted octanol–water partition coefficient (Wildman–Crippen LogP) is 5.12. The molecule has 7 nitrogen and oxygen atoms in total. The number of rotatable bonds is 8. The Bertz CT molecular complexity index is 1380. The van der Waals surface area contributed by atoms with Crippen molar-refractivity contribution in [2.45, 2.75) is 25.4 Å². The number of amides is 1. The minimum absolute atomic E-state index is 0.00412. The Morgan fingerprint density at radius 3 is 2.69 bits per heavy atom. The predicted molar refractivity (Wildman–Crippen MR) is 134 cm³/mol. The van der Waals surface area contributed by atoms with E-state index < -0.39 is 5.82 Å². The molecule has 0 spiro atoms. The Labute approximate surface area is 207 Å². The highest BCUT2D eigenvalue weighted by Crippen LogP contribution is 2.30. The van der Waals surface area contributed by atoms with Gasteiger partial charge in [-0.2, -0.15) is 5.26 Å². The summed E-state index contributed by atoms with van der Waals surface area (Å²) >= 11 is 1.21. The molecule has 176 valence electrons. The highest BCUT2D eigenvalue weighted by Gasteiger charge is 2.22. The lowest BCUT2D eigenvalue weighted by Gasteiger charge is -2.22. The van der Waals surface area contributed by atoms with E-state index in [0.29, 0.717) is 11.0 Å². The van der Waals surface area contributed by atoms with Crippen molar-refractivity contribution < 1.29 is 9.18 Å². The minimum Gasteiger partial charge on any atom is -0.308 e. The Morgan fingerprint density at radius 2 is 1.97 bits per heavy atom. The van der Waals surface area contributed by atoms with Crippen LogP contribution < -0.4 is 4.90 Å². The number of thioether (sulfide) groups is 1. The summed E-state index contributed by atoms with van der Waals surface area (Å²) in [6, 6.07) is 17.9. The van der Waals surface area contributed by atoms with Crippen molar-refractivity contribution in [3.05, 3.63) is 83.9 Å². The summed E-state index contributed by atoms with van der Waals surface area (Å²) in [5, 5.41) is 18.3. The van der Waals surface area contributed by atoms with Crippen molar-refractivity contribution in [3.8, 4) is 23.1 Å². The summed E-state index contributed by atoms with van der Waals surface area (Å²) < 4.78 is 16.3. The van der Waals surface area contributed by atoms with Crippen molar-refractivity contribution in [1.82, 2.24) is 19.7 Å². The maximum atomic E-state index is 14.4. The first-order chi connectivity index (χ1) is 17.0. The van der Waals surface area contributed by atoms with Crippen LogP contribution in [0.4, 0.5) is 10.1 Å². The molecule has 0 saturated carbocycles. The number of hydrogen-bond acceptors (Lipinski definition) is 6. The van der Waals surface area contributed by atoms with Crippen LogP contribution in [0.25, 0.3) is 17.1 Å². The number of carbonyl (C=O) groups excluding carboxylic acids is 1. The first kappa shape index (κ1) is 24.1. The molecule has 0 aliphatic heterocycles. The topological polar surface area (TPSA) is 87.7 Å². The van der Waals surface area contributed by atoms with E-state index in [2.05, 4.69) is 21.2 Å². The van der Waals surface area contributed by atoms with Crippen molar-refractivity contribution in [2.75, 3.05) is 17.2 Å². The van der Waals surface area contributed by atoms with Crippen LogP contribution in [0.15, 0.2) is 72.1 Å². The van der Waals surface area contributed by atoms with Gasteiger partial charge >= 0.3 is 0 Å². The fraction of sp³-hybridized carbons (Fsp3) is 0.192. The van der Waals surface area contributed by atoms with E-state index in [4.69, 9.17) is 5.26 Å². The van der Waals surface area contributed by atoms with Crippen LogP contribution in [-0.2, 0) is 4.79 Å². The summed E-state index contributed by atoms with van der Waals surface area (Å²) in [7, 11) is 0. The number of halogens is 1. The zero-order chi connectivity index (χ0) is 24.8. The monoisotopic (exact) mass is 486 g/mol. The van der Waals surface area contributed by atoms with Crippen LogP contribution in [0.3, 0.4) is 0 Å². The Hall–Kier alpha value is -4.03. The van der Waals surface area contributed by atoms with Crippen molar-refractivity contribution in [3.63, 3.8) is 0 Å². The number of hydrogen-bond donors (Lipinski definition) is 0. The summed E-state index contributed by atoms with van der Waals surface area (Å²) in [6.07, 6.45) is 3.49. The molecule has 0 N–H and O–H groups in total. The number of para-hydroxylation sites is 1. The number of nitrogens with zero attached hydrogens (tertiary/aromatic N) is 6. The quantitative estimate of drug-likeness (QED) is 0.321. The van der Waals surface area contributed by atoms with Crippen LogP contribution in [0.1, 0.15) is 17.5 Å². The van der Waals surface area contributed by atoms with Gasteiger partial charge in [0.05, 0.1) is 29.6 Å². The fourth-order valence-electron chi connectivity index (χ4n) is 3.73. The molecule has 0 radical (unpaired) electrons. The maximum absolute atomic E-state index is 14.4. The summed E-state index contributed by atoms with van der Waals surface area (Å²) in [6.45, 7) is 4.14. The fourth-order valence-corrected chi connectivity index (χ4v) is 4.56. The number of aryl methyl sites for hydroxylation is 2. The molecular weight excluding hydrogens is 463 g/mol. The molecule has 0 atom stereocenters. The second kappa shape index (κ2) is 10.9. The summed E-state index contributed by atoms with van der Waals surface area (Å²) in [5.41, 5.74) is 4.00. The first-order valence-corrected chi connectivity index (χ1v) is 12.0. The number of anilines is 1. The average molecular weight is 487 g/mol. The number of nitriles is 1. The standard InChI is InChI=1S/C26H23FN6OS/c1-18-10-11-22(19(2)15-18)33-25(20-7-5-13-29-16-20)30-31-26(33)35-17-24(34)32(14-6-12-28)23-9-4-3-8-21(23)27/h3-5,7-11,13,15-16H,6,14,17H2,1-2H3. The molecule has 2 heterocycles. The molecular formula is C26H23FN6OS. The first-order valence-electron chi connectivity index (χ1n) is 11.0. The molecule has 0 saturated heterocycles. The molecule has 35 heavy (non-hydrogen) atoms. The lowest BCUT2D eigenvalue weighted by molar-refractivity contribution is -0.116. The highest BCUT2D eigenvalue weighted by atomic mass is 32.2. The van der Waals surface area contributed by atoms with Gasteiger partial charge in [0, 0.05) is 24.5 Å². The molecule has 2 aromatic heterocycles. The smallest absolute Gasteiger partial charge is 0.237 e. The van der Waals surface area contributed by atoms with E-state index in [1.807, 2.05) is 48.7 Å². The Balaban J connectivity index is 1.67. The van der Waals surface area contributed by atoms with Gasteiger partial charge in [0.15, 0.2) is 11.0 Å². The van der Waals surface area contributed by atoms with Gasteiger partial charge in [0.1, 0.15) is 5.82 Å². The average Bonchev–Trinajstić information content (AvgIpc) is 3.28. The molecule has 2 aromatic carbocycles. The SMILES string of the molecule is Cc1ccc(-n2c(SCC(=O)N(CCC#N)c3ccccc3F)nnc2-c2cccnc2)c(C)c1. The lowest BCUT2D eigenvalue weighted by atomic mass is 10.1. The third-order valence-electron chi connectivity index (χ3n) is 5.36.